The van der Waals surface area contributed by atoms with E-state index in [1.807, 2.05) is 12.1 Å². The highest BCUT2D eigenvalue weighted by Crippen LogP contribution is 2.31. The number of carbonyl (C=O) groups excluding carboxylic acids is 1. The molecule has 4 nitrogen and oxygen atoms in total. The van der Waals surface area contributed by atoms with E-state index in [0.29, 0.717) is 0 Å². The number of rotatable bonds is 3. The maximum Gasteiger partial charge on any atom is 0.264 e. The minimum atomic E-state index is -0.00235. The molecule has 2 rings (SSSR count). The van der Waals surface area contributed by atoms with Gasteiger partial charge < -0.3 is 15.0 Å². The molecule has 1 N–H and O–H groups in total. The summed E-state index contributed by atoms with van der Waals surface area (Å²) in [5.74, 6) is 0.784. The Morgan fingerprint density at radius 1 is 1.37 bits per heavy atom. The van der Waals surface area contributed by atoms with Crippen molar-refractivity contribution in [2.75, 3.05) is 25.1 Å². The van der Waals surface area contributed by atoms with Crippen molar-refractivity contribution in [2.24, 2.45) is 0 Å². The Morgan fingerprint density at radius 3 is 2.79 bits per heavy atom. The predicted octanol–water partition coefficient (Wildman–Crippen LogP) is 1.97. The Hall–Kier alpha value is -1.55. The van der Waals surface area contributed by atoms with E-state index in [2.05, 4.69) is 32.2 Å². The van der Waals surface area contributed by atoms with Gasteiger partial charge in [-0.25, -0.2) is 0 Å². The monoisotopic (exact) mass is 262 g/mol. The van der Waals surface area contributed by atoms with Crippen molar-refractivity contribution >= 4 is 11.6 Å². The highest BCUT2D eigenvalue weighted by atomic mass is 16.5. The first-order chi connectivity index (χ1) is 8.87. The molecule has 1 aliphatic heterocycles. The number of hydrogen-bond donors (Lipinski definition) is 1. The first kappa shape index (κ1) is 13.9. The molecule has 0 unspecified atom stereocenters. The summed E-state index contributed by atoms with van der Waals surface area (Å²) >= 11 is 0. The van der Waals surface area contributed by atoms with E-state index in [-0.39, 0.29) is 18.1 Å². The van der Waals surface area contributed by atoms with Gasteiger partial charge in [-0.15, -0.1) is 0 Å². The summed E-state index contributed by atoms with van der Waals surface area (Å²) in [6, 6.07) is 6.05. The van der Waals surface area contributed by atoms with Crippen molar-refractivity contribution in [3.63, 3.8) is 0 Å². The molecule has 1 aromatic carbocycles. The van der Waals surface area contributed by atoms with E-state index in [1.54, 1.807) is 11.9 Å². The SMILES string of the molecule is CN1C(=O)COc2ccc(CCNC(C)(C)C)cc21. The van der Waals surface area contributed by atoms with Crippen LogP contribution >= 0.6 is 0 Å². The number of nitrogens with one attached hydrogen (secondary N) is 1. The van der Waals surface area contributed by atoms with Crippen molar-refractivity contribution in [3.05, 3.63) is 23.8 Å². The lowest BCUT2D eigenvalue weighted by Crippen LogP contribution is -2.37. The van der Waals surface area contributed by atoms with Gasteiger partial charge in [0.15, 0.2) is 6.61 Å². The lowest BCUT2D eigenvalue weighted by atomic mass is 10.1. The van der Waals surface area contributed by atoms with Crippen LogP contribution in [0.2, 0.25) is 0 Å². The lowest BCUT2D eigenvalue weighted by Gasteiger charge is -2.26. The fourth-order valence-electron chi connectivity index (χ4n) is 2.06. The van der Waals surface area contributed by atoms with Crippen molar-refractivity contribution in [2.45, 2.75) is 32.7 Å². The topological polar surface area (TPSA) is 41.6 Å². The van der Waals surface area contributed by atoms with Crippen LogP contribution in [0.25, 0.3) is 0 Å². The zero-order chi connectivity index (χ0) is 14.0. The van der Waals surface area contributed by atoms with Crippen LogP contribution in [0, 0.1) is 0 Å². The third-order valence-corrected chi connectivity index (χ3v) is 3.18. The predicted molar refractivity (Wildman–Crippen MR) is 76.8 cm³/mol. The molecule has 19 heavy (non-hydrogen) atoms. The van der Waals surface area contributed by atoms with Crippen LogP contribution in [0.4, 0.5) is 5.69 Å². The second-order valence-electron chi connectivity index (χ2n) is 5.97. The third kappa shape index (κ3) is 3.47. The fourth-order valence-corrected chi connectivity index (χ4v) is 2.06. The lowest BCUT2D eigenvalue weighted by molar-refractivity contribution is -0.120. The van der Waals surface area contributed by atoms with Gasteiger partial charge in [-0.05, 0) is 51.4 Å². The van der Waals surface area contributed by atoms with Crippen LogP contribution < -0.4 is 15.0 Å². The van der Waals surface area contributed by atoms with Crippen molar-refractivity contribution in [3.8, 4) is 5.75 Å². The number of ether oxygens (including phenoxy) is 1. The van der Waals surface area contributed by atoms with E-state index in [0.717, 1.165) is 24.4 Å². The molecule has 0 aliphatic carbocycles. The Balaban J connectivity index is 2.06. The minimum absolute atomic E-state index is 0.00235. The number of likely N-dealkylation sites (N-methyl/N-ethyl adjacent to an activating group) is 1. The van der Waals surface area contributed by atoms with Gasteiger partial charge in [-0.3, -0.25) is 4.79 Å². The van der Waals surface area contributed by atoms with E-state index in [1.165, 1.54) is 5.56 Å². The number of nitrogens with zero attached hydrogens (tertiary/aromatic N) is 1. The van der Waals surface area contributed by atoms with Crippen molar-refractivity contribution in [1.82, 2.24) is 5.32 Å². The number of amides is 1. The molecule has 1 aromatic rings. The summed E-state index contributed by atoms with van der Waals surface area (Å²) in [5.41, 5.74) is 2.20. The summed E-state index contributed by atoms with van der Waals surface area (Å²) in [7, 11) is 1.79. The number of benzene rings is 1. The largest absolute Gasteiger partial charge is 0.482 e. The van der Waals surface area contributed by atoms with Crippen molar-refractivity contribution in [1.29, 1.82) is 0 Å². The van der Waals surface area contributed by atoms with Crippen LogP contribution in [-0.2, 0) is 11.2 Å². The second kappa shape index (κ2) is 5.21. The maximum absolute atomic E-state index is 11.6. The average molecular weight is 262 g/mol. The van der Waals surface area contributed by atoms with Gasteiger partial charge >= 0.3 is 0 Å². The van der Waals surface area contributed by atoms with Crippen LogP contribution in [0.1, 0.15) is 26.3 Å². The second-order valence-corrected chi connectivity index (χ2v) is 5.97. The van der Waals surface area contributed by atoms with E-state index in [9.17, 15) is 4.79 Å². The van der Waals surface area contributed by atoms with Crippen molar-refractivity contribution < 1.29 is 9.53 Å². The average Bonchev–Trinajstić information content (AvgIpc) is 2.33. The molecule has 0 aromatic heterocycles. The standard InChI is InChI=1S/C15H22N2O2/c1-15(2,3)16-8-7-11-5-6-13-12(9-11)17(4)14(18)10-19-13/h5-6,9,16H,7-8,10H2,1-4H3. The van der Waals surface area contributed by atoms with Gasteiger partial charge in [0.1, 0.15) is 5.75 Å². The van der Waals surface area contributed by atoms with Gasteiger partial charge in [-0.1, -0.05) is 6.07 Å². The number of hydrogen-bond acceptors (Lipinski definition) is 3. The summed E-state index contributed by atoms with van der Waals surface area (Å²) < 4.78 is 5.41. The molecule has 0 spiro atoms. The molecule has 0 fully saturated rings. The van der Waals surface area contributed by atoms with Gasteiger partial charge in [0, 0.05) is 12.6 Å². The van der Waals surface area contributed by atoms with Gasteiger partial charge in [-0.2, -0.15) is 0 Å². The van der Waals surface area contributed by atoms with Crippen LogP contribution in [0.5, 0.6) is 5.75 Å². The van der Waals surface area contributed by atoms with E-state index < -0.39 is 0 Å². The number of anilines is 1. The smallest absolute Gasteiger partial charge is 0.264 e. The van der Waals surface area contributed by atoms with Crippen LogP contribution in [0.3, 0.4) is 0 Å². The van der Waals surface area contributed by atoms with Gasteiger partial charge in [0.25, 0.3) is 5.91 Å². The maximum atomic E-state index is 11.6. The van der Waals surface area contributed by atoms with Crippen LogP contribution in [-0.4, -0.2) is 31.6 Å². The summed E-state index contributed by atoms with van der Waals surface area (Å²) in [4.78, 5) is 13.3. The third-order valence-electron chi connectivity index (χ3n) is 3.18. The van der Waals surface area contributed by atoms with E-state index in [4.69, 9.17) is 4.74 Å². The molecule has 0 saturated carbocycles. The zero-order valence-electron chi connectivity index (χ0n) is 12.1. The molecule has 0 radical (unpaired) electrons. The fraction of sp³-hybridized carbons (Fsp3) is 0.533. The molecule has 0 bridgehead atoms. The molecule has 1 aliphatic rings. The van der Waals surface area contributed by atoms with Gasteiger partial charge in [0.05, 0.1) is 5.69 Å². The highest BCUT2D eigenvalue weighted by Gasteiger charge is 2.22. The molecule has 0 atom stereocenters. The minimum Gasteiger partial charge on any atom is -0.482 e. The summed E-state index contributed by atoms with van der Waals surface area (Å²) in [6.07, 6.45) is 0.937. The molecule has 4 heteroatoms. The molecule has 1 amide bonds. The number of carbonyl (C=O) groups is 1. The molecule has 104 valence electrons. The molecule has 0 saturated heterocycles. The highest BCUT2D eigenvalue weighted by molar-refractivity contribution is 5.97. The normalized spacial score (nSPS) is 15.2. The molecule has 1 heterocycles. The van der Waals surface area contributed by atoms with Gasteiger partial charge in [0.2, 0.25) is 0 Å². The first-order valence-corrected chi connectivity index (χ1v) is 6.64. The van der Waals surface area contributed by atoms with E-state index >= 15 is 0 Å². The Bertz CT molecular complexity index is 478. The van der Waals surface area contributed by atoms with Crippen LogP contribution in [0.15, 0.2) is 18.2 Å². The first-order valence-electron chi connectivity index (χ1n) is 6.64. The summed E-state index contributed by atoms with van der Waals surface area (Å²) in [6.45, 7) is 7.51. The molecular weight excluding hydrogens is 240 g/mol. The quantitative estimate of drug-likeness (QED) is 0.905. The number of fused-ring (bicyclic) bond motifs is 1. The Morgan fingerprint density at radius 2 is 2.11 bits per heavy atom. The Labute approximate surface area is 114 Å². The molecular formula is C15H22N2O2. The summed E-state index contributed by atoms with van der Waals surface area (Å²) in [5, 5.41) is 3.46. The Kier molecular flexibility index (Phi) is 3.80. The zero-order valence-corrected chi connectivity index (χ0v) is 12.1.